The monoisotopic (exact) mass is 535 g/mol. The Bertz CT molecular complexity index is 1260. The summed E-state index contributed by atoms with van der Waals surface area (Å²) in [5, 5.41) is 0. The van der Waals surface area contributed by atoms with Gasteiger partial charge in [-0.05, 0) is 0 Å². The van der Waals surface area contributed by atoms with Crippen LogP contribution in [0.3, 0.4) is 0 Å². The lowest BCUT2D eigenvalue weighted by atomic mass is 10.1. The number of hydrogen-bond acceptors (Lipinski definition) is 13. The molecular weight excluding hydrogens is 519 g/mol. The molecule has 33 heavy (non-hydrogen) atoms. The Morgan fingerprint density at radius 1 is 1.15 bits per heavy atom. The van der Waals surface area contributed by atoms with E-state index in [-0.39, 0.29) is 23.9 Å². The fourth-order valence-electron chi connectivity index (χ4n) is 3.24. The van der Waals surface area contributed by atoms with Gasteiger partial charge in [0.15, 0.2) is 17.4 Å². The molecule has 2 aliphatic heterocycles. The molecular formula is C11H16N5O14P3. The highest BCUT2D eigenvalue weighted by Gasteiger charge is 2.52. The molecule has 4 rings (SSSR count). The first-order valence-electron chi connectivity index (χ1n) is 8.64. The zero-order valence-electron chi connectivity index (χ0n) is 15.9. The third kappa shape index (κ3) is 5.41. The van der Waals surface area contributed by atoms with Gasteiger partial charge >= 0.3 is 23.5 Å². The summed E-state index contributed by atoms with van der Waals surface area (Å²) in [5.41, 5.74) is 4.99. The Hall–Kier alpha value is -1.56. The van der Waals surface area contributed by atoms with Crippen LogP contribution in [-0.2, 0) is 41.1 Å². The van der Waals surface area contributed by atoms with Crippen LogP contribution in [0.25, 0.3) is 11.2 Å². The number of nitrogens with zero attached hydrogens (tertiary/aromatic N) is 3. The van der Waals surface area contributed by atoms with Gasteiger partial charge in [0.2, 0.25) is 5.95 Å². The summed E-state index contributed by atoms with van der Waals surface area (Å²) in [4.78, 5) is 58.2. The van der Waals surface area contributed by atoms with Crippen molar-refractivity contribution in [3.63, 3.8) is 0 Å². The van der Waals surface area contributed by atoms with E-state index < -0.39 is 60.2 Å². The van der Waals surface area contributed by atoms with Gasteiger partial charge in [0, 0.05) is 0 Å². The van der Waals surface area contributed by atoms with Gasteiger partial charge in [0.25, 0.3) is 5.56 Å². The Morgan fingerprint density at radius 2 is 1.85 bits per heavy atom. The first-order valence-corrected chi connectivity index (χ1v) is 13.2. The SMILES string of the molecule is Nc1nc2c(ncn2[C@@H]2O[C@H](COP(=O)(O)OP(=O)(O)OP(=O)(O)O)[C@@H]3OCO[C@@H]32)c(=O)[nH]1. The van der Waals surface area contributed by atoms with Gasteiger partial charge in [-0.15, -0.1) is 0 Å². The Morgan fingerprint density at radius 3 is 2.55 bits per heavy atom. The van der Waals surface area contributed by atoms with Crippen LogP contribution < -0.4 is 11.3 Å². The van der Waals surface area contributed by atoms with E-state index in [4.69, 9.17) is 29.7 Å². The number of fused-ring (bicyclic) bond motifs is 2. The lowest BCUT2D eigenvalue weighted by Crippen LogP contribution is -2.31. The van der Waals surface area contributed by atoms with Gasteiger partial charge in [0.1, 0.15) is 25.1 Å². The number of anilines is 1. The summed E-state index contributed by atoms with van der Waals surface area (Å²) in [6.07, 6.45) is -2.53. The molecule has 4 heterocycles. The smallest absolute Gasteiger partial charge is 0.369 e. The molecule has 2 aromatic heterocycles. The maximum atomic E-state index is 12.0. The molecule has 6 atom stereocenters. The highest BCUT2D eigenvalue weighted by molar-refractivity contribution is 7.66. The van der Waals surface area contributed by atoms with E-state index in [1.807, 2.05) is 0 Å². The number of aromatic amines is 1. The minimum atomic E-state index is -5.67. The number of hydrogen-bond donors (Lipinski definition) is 6. The topological polar surface area (TPSA) is 277 Å². The molecule has 0 radical (unpaired) electrons. The first kappa shape index (κ1) is 24.6. The fraction of sp³-hybridized carbons (Fsp3) is 0.545. The number of phosphoric acid groups is 3. The maximum Gasteiger partial charge on any atom is 0.490 e. The number of nitrogens with one attached hydrogen (secondary N) is 1. The van der Waals surface area contributed by atoms with Gasteiger partial charge in [0.05, 0.1) is 12.9 Å². The average Bonchev–Trinajstić information content (AvgIpc) is 3.31. The van der Waals surface area contributed by atoms with Crippen molar-refractivity contribution in [3.8, 4) is 0 Å². The van der Waals surface area contributed by atoms with Gasteiger partial charge in [-0.1, -0.05) is 0 Å². The highest BCUT2D eigenvalue weighted by Crippen LogP contribution is 2.66. The third-order valence-electron chi connectivity index (χ3n) is 4.35. The molecule has 2 unspecified atom stereocenters. The minimum absolute atomic E-state index is 0.0417. The molecule has 0 spiro atoms. The number of nitrogens with two attached hydrogens (primary N) is 1. The lowest BCUT2D eigenvalue weighted by Gasteiger charge is -2.20. The van der Waals surface area contributed by atoms with Crippen LogP contribution in [0, 0.1) is 0 Å². The van der Waals surface area contributed by atoms with Crippen LogP contribution >= 0.6 is 23.5 Å². The number of phosphoric ester groups is 1. The van der Waals surface area contributed by atoms with Crippen molar-refractivity contribution in [2.75, 3.05) is 19.1 Å². The Kier molecular flexibility index (Phi) is 6.39. The van der Waals surface area contributed by atoms with Crippen molar-refractivity contribution in [1.29, 1.82) is 0 Å². The van der Waals surface area contributed by atoms with Crippen molar-refractivity contribution in [2.45, 2.75) is 24.5 Å². The number of aromatic nitrogens is 4. The second-order valence-corrected chi connectivity index (χ2v) is 11.0. The molecule has 0 bridgehead atoms. The van der Waals surface area contributed by atoms with Gasteiger partial charge in [-0.2, -0.15) is 13.6 Å². The van der Waals surface area contributed by atoms with Crippen LogP contribution in [0.15, 0.2) is 11.1 Å². The molecule has 22 heteroatoms. The molecule has 2 aromatic rings. The summed E-state index contributed by atoms with van der Waals surface area (Å²) >= 11 is 0. The number of H-pyrrole nitrogens is 1. The zero-order chi connectivity index (χ0) is 24.2. The molecule has 0 aromatic carbocycles. The largest absolute Gasteiger partial charge is 0.490 e. The van der Waals surface area contributed by atoms with E-state index in [2.05, 4.69) is 28.1 Å². The summed E-state index contributed by atoms with van der Waals surface area (Å²) < 4.78 is 63.9. The third-order valence-corrected chi connectivity index (χ3v) is 8.15. The molecule has 19 nitrogen and oxygen atoms in total. The minimum Gasteiger partial charge on any atom is -0.369 e. The molecule has 0 amide bonds. The Labute approximate surface area is 181 Å². The van der Waals surface area contributed by atoms with Gasteiger partial charge in [-0.3, -0.25) is 18.9 Å². The molecule has 184 valence electrons. The summed E-state index contributed by atoms with van der Waals surface area (Å²) in [6.45, 7) is -0.933. The van der Waals surface area contributed by atoms with E-state index >= 15 is 0 Å². The highest BCUT2D eigenvalue weighted by atomic mass is 31.3. The summed E-state index contributed by atoms with van der Waals surface area (Å²) in [6, 6.07) is 0. The predicted octanol–water partition coefficient (Wildman–Crippen LogP) is -1.32. The summed E-state index contributed by atoms with van der Waals surface area (Å²) in [5.74, 6) is -0.184. The number of ether oxygens (including phenoxy) is 3. The van der Waals surface area contributed by atoms with E-state index in [1.54, 1.807) is 0 Å². The van der Waals surface area contributed by atoms with Crippen molar-refractivity contribution >= 4 is 40.6 Å². The van der Waals surface area contributed by atoms with Crippen molar-refractivity contribution in [3.05, 3.63) is 16.7 Å². The van der Waals surface area contributed by atoms with E-state index in [1.165, 1.54) is 10.9 Å². The van der Waals surface area contributed by atoms with Crippen LogP contribution in [0.1, 0.15) is 6.23 Å². The van der Waals surface area contributed by atoms with Gasteiger partial charge in [-0.25, -0.2) is 18.7 Å². The Balaban J connectivity index is 1.50. The average molecular weight is 535 g/mol. The van der Waals surface area contributed by atoms with E-state index in [0.29, 0.717) is 0 Å². The summed E-state index contributed by atoms with van der Waals surface area (Å²) in [7, 11) is -16.6. The molecule has 2 saturated heterocycles. The van der Waals surface area contributed by atoms with Crippen LogP contribution in [0.4, 0.5) is 5.95 Å². The van der Waals surface area contributed by atoms with Crippen LogP contribution in [0.5, 0.6) is 0 Å². The quantitative estimate of drug-likeness (QED) is 0.214. The van der Waals surface area contributed by atoms with Crippen LogP contribution in [0.2, 0.25) is 0 Å². The molecule has 0 aliphatic carbocycles. The number of rotatable bonds is 8. The lowest BCUT2D eigenvalue weighted by molar-refractivity contribution is -0.107. The second kappa shape index (κ2) is 8.58. The molecule has 0 saturated carbocycles. The molecule has 2 aliphatic rings. The standard InChI is InChI=1S/C11H16N5O14P3/c12-11-14-8-5(9(17)15-11)13-2-16(8)10-7-6(25-3-26-7)4(28-10)1-27-32(21,22)30-33(23,24)29-31(18,19)20/h2,4,6-7,10H,1,3H2,(H,21,22)(H,23,24)(H2,18,19,20)(H3,12,14,15,17)/t4-,6+,7+,10-/m1/s1. The molecule has 7 N–H and O–H groups in total. The van der Waals surface area contributed by atoms with Crippen molar-refractivity contribution in [1.82, 2.24) is 19.5 Å². The number of nitrogen functional groups attached to an aromatic ring is 1. The van der Waals surface area contributed by atoms with Crippen molar-refractivity contribution in [2.24, 2.45) is 0 Å². The van der Waals surface area contributed by atoms with E-state index in [9.17, 15) is 28.3 Å². The fourth-order valence-corrected chi connectivity index (χ4v) is 6.27. The van der Waals surface area contributed by atoms with E-state index in [0.717, 1.165) is 0 Å². The zero-order valence-corrected chi connectivity index (χ0v) is 18.6. The molecule has 2 fully saturated rings. The first-order chi connectivity index (χ1) is 15.2. The van der Waals surface area contributed by atoms with Crippen molar-refractivity contribution < 1.29 is 60.6 Å². The maximum absolute atomic E-state index is 12.0. The predicted molar refractivity (Wildman–Crippen MR) is 101 cm³/mol. The van der Waals surface area contributed by atoms with Gasteiger partial charge < -0.3 is 39.5 Å². The second-order valence-electron chi connectivity index (χ2n) is 6.61. The van der Waals surface area contributed by atoms with Crippen LogP contribution in [-0.4, -0.2) is 70.8 Å². The normalized spacial score (nSPS) is 29.1. The number of imidazole rings is 1.